The molecule has 7 heteroatoms. The molecule has 1 unspecified atom stereocenters. The van der Waals surface area contributed by atoms with Crippen LogP contribution in [0.15, 0.2) is 24.3 Å². The van der Waals surface area contributed by atoms with Crippen molar-refractivity contribution in [3.8, 4) is 0 Å². The fourth-order valence-corrected chi connectivity index (χ4v) is 1.30. The van der Waals surface area contributed by atoms with E-state index in [1.807, 2.05) is 0 Å². The van der Waals surface area contributed by atoms with Crippen LogP contribution in [-0.2, 0) is 11.0 Å². The van der Waals surface area contributed by atoms with Crippen LogP contribution in [0.4, 0.5) is 23.7 Å². The number of ketones is 1. The Labute approximate surface area is 108 Å². The van der Waals surface area contributed by atoms with Crippen molar-refractivity contribution in [1.82, 2.24) is 5.32 Å². The number of carbonyl (C=O) groups excluding carboxylic acids is 2. The third-order valence-electron chi connectivity index (χ3n) is 2.44. The van der Waals surface area contributed by atoms with Crippen molar-refractivity contribution in [2.75, 3.05) is 5.32 Å². The lowest BCUT2D eigenvalue weighted by Crippen LogP contribution is -2.40. The predicted molar refractivity (Wildman–Crippen MR) is 63.7 cm³/mol. The number of para-hydroxylation sites is 1. The molecule has 0 fully saturated rings. The van der Waals surface area contributed by atoms with E-state index in [0.29, 0.717) is 0 Å². The van der Waals surface area contributed by atoms with Gasteiger partial charge in [-0.15, -0.1) is 0 Å². The average Bonchev–Trinajstić information content (AvgIpc) is 2.27. The SMILES string of the molecule is CC(=O)C(C)NC(=O)Nc1ccccc1C(F)(F)F. The standard InChI is InChI=1S/C12H13F3N2O2/c1-7(8(2)18)16-11(19)17-10-6-4-3-5-9(10)12(13,14)15/h3-7H,1-2H3,(H2,16,17,19). The van der Waals surface area contributed by atoms with E-state index in [1.54, 1.807) is 0 Å². The van der Waals surface area contributed by atoms with E-state index >= 15 is 0 Å². The molecule has 2 amide bonds. The highest BCUT2D eigenvalue weighted by atomic mass is 19.4. The molecule has 1 atom stereocenters. The number of benzene rings is 1. The van der Waals surface area contributed by atoms with Gasteiger partial charge < -0.3 is 10.6 Å². The molecule has 1 aromatic rings. The number of amides is 2. The molecule has 19 heavy (non-hydrogen) atoms. The number of carbonyl (C=O) groups is 2. The second kappa shape index (κ2) is 5.73. The van der Waals surface area contributed by atoms with E-state index in [2.05, 4.69) is 10.6 Å². The fraction of sp³-hybridized carbons (Fsp3) is 0.333. The van der Waals surface area contributed by atoms with E-state index in [9.17, 15) is 22.8 Å². The van der Waals surface area contributed by atoms with Gasteiger partial charge in [-0.1, -0.05) is 12.1 Å². The smallest absolute Gasteiger partial charge is 0.328 e. The summed E-state index contributed by atoms with van der Waals surface area (Å²) in [7, 11) is 0. The second-order valence-corrected chi connectivity index (χ2v) is 3.97. The Morgan fingerprint density at radius 3 is 2.32 bits per heavy atom. The Morgan fingerprint density at radius 1 is 1.21 bits per heavy atom. The number of Topliss-reactive ketones (excluding diaryl/α,β-unsaturated/α-hetero) is 1. The summed E-state index contributed by atoms with van der Waals surface area (Å²) in [5, 5.41) is 4.32. The molecule has 0 aliphatic carbocycles. The van der Waals surface area contributed by atoms with Crippen LogP contribution in [-0.4, -0.2) is 17.9 Å². The Morgan fingerprint density at radius 2 is 1.79 bits per heavy atom. The Balaban J connectivity index is 2.83. The minimum atomic E-state index is -4.56. The first-order valence-electron chi connectivity index (χ1n) is 5.46. The van der Waals surface area contributed by atoms with Gasteiger partial charge >= 0.3 is 12.2 Å². The number of urea groups is 1. The van der Waals surface area contributed by atoms with Crippen molar-refractivity contribution in [2.24, 2.45) is 0 Å². The normalized spacial score (nSPS) is 12.7. The minimum absolute atomic E-state index is 0.292. The summed E-state index contributed by atoms with van der Waals surface area (Å²) in [6, 6.07) is 2.98. The van der Waals surface area contributed by atoms with Gasteiger partial charge in [0.2, 0.25) is 0 Å². The van der Waals surface area contributed by atoms with Gasteiger partial charge in [-0.05, 0) is 26.0 Å². The van der Waals surface area contributed by atoms with Crippen LogP contribution in [0.3, 0.4) is 0 Å². The fourth-order valence-electron chi connectivity index (χ4n) is 1.30. The third-order valence-corrected chi connectivity index (χ3v) is 2.44. The summed E-state index contributed by atoms with van der Waals surface area (Å²) >= 11 is 0. The predicted octanol–water partition coefficient (Wildman–Crippen LogP) is 2.80. The summed E-state index contributed by atoms with van der Waals surface area (Å²) in [4.78, 5) is 22.4. The molecule has 0 radical (unpaired) electrons. The number of rotatable bonds is 3. The first kappa shape index (κ1) is 15.0. The van der Waals surface area contributed by atoms with E-state index in [1.165, 1.54) is 26.0 Å². The molecule has 0 aliphatic rings. The second-order valence-electron chi connectivity index (χ2n) is 3.97. The molecule has 0 aromatic heterocycles. The molecule has 1 rings (SSSR count). The topological polar surface area (TPSA) is 58.2 Å². The van der Waals surface area contributed by atoms with Gasteiger partial charge in [-0.25, -0.2) is 4.79 Å². The zero-order chi connectivity index (χ0) is 14.6. The van der Waals surface area contributed by atoms with Gasteiger partial charge in [0.25, 0.3) is 0 Å². The summed E-state index contributed by atoms with van der Waals surface area (Å²) in [5.74, 6) is -0.292. The molecule has 0 saturated heterocycles. The highest BCUT2D eigenvalue weighted by molar-refractivity contribution is 5.94. The summed E-state index contributed by atoms with van der Waals surface area (Å²) in [6.07, 6.45) is -4.56. The Hall–Kier alpha value is -2.05. The first-order valence-corrected chi connectivity index (χ1v) is 5.46. The number of hydrogen-bond donors (Lipinski definition) is 2. The van der Waals surface area contributed by atoms with Crippen molar-refractivity contribution < 1.29 is 22.8 Å². The van der Waals surface area contributed by atoms with Gasteiger partial charge in [-0.3, -0.25) is 4.79 Å². The number of nitrogens with one attached hydrogen (secondary N) is 2. The Kier molecular flexibility index (Phi) is 4.52. The van der Waals surface area contributed by atoms with E-state index in [-0.39, 0.29) is 11.5 Å². The van der Waals surface area contributed by atoms with Crippen LogP contribution in [0.2, 0.25) is 0 Å². The average molecular weight is 274 g/mol. The van der Waals surface area contributed by atoms with Crippen LogP contribution < -0.4 is 10.6 Å². The van der Waals surface area contributed by atoms with Crippen molar-refractivity contribution in [2.45, 2.75) is 26.1 Å². The zero-order valence-electron chi connectivity index (χ0n) is 10.3. The number of hydrogen-bond acceptors (Lipinski definition) is 2. The number of halogens is 3. The van der Waals surface area contributed by atoms with Gasteiger partial charge in [0.15, 0.2) is 5.78 Å². The highest BCUT2D eigenvalue weighted by Gasteiger charge is 2.33. The molecule has 0 bridgehead atoms. The Bertz CT molecular complexity index is 486. The molecule has 1 aromatic carbocycles. The van der Waals surface area contributed by atoms with Crippen LogP contribution in [0.5, 0.6) is 0 Å². The van der Waals surface area contributed by atoms with Crippen molar-refractivity contribution in [3.05, 3.63) is 29.8 Å². The third kappa shape index (κ3) is 4.27. The van der Waals surface area contributed by atoms with E-state index < -0.39 is 23.8 Å². The molecule has 2 N–H and O–H groups in total. The molecule has 0 aliphatic heterocycles. The first-order chi connectivity index (χ1) is 8.71. The van der Waals surface area contributed by atoms with Crippen molar-refractivity contribution >= 4 is 17.5 Å². The maximum Gasteiger partial charge on any atom is 0.418 e. The van der Waals surface area contributed by atoms with Gasteiger partial charge in [-0.2, -0.15) is 13.2 Å². The summed E-state index contributed by atoms with van der Waals surface area (Å²) in [5.41, 5.74) is -1.30. The zero-order valence-corrected chi connectivity index (χ0v) is 10.3. The van der Waals surface area contributed by atoms with Crippen molar-refractivity contribution in [3.63, 3.8) is 0 Å². The lowest BCUT2D eigenvalue weighted by molar-refractivity contribution is -0.137. The van der Waals surface area contributed by atoms with Crippen LogP contribution >= 0.6 is 0 Å². The minimum Gasteiger partial charge on any atom is -0.328 e. The van der Waals surface area contributed by atoms with Gasteiger partial charge in [0.1, 0.15) is 0 Å². The molecule has 0 spiro atoms. The lowest BCUT2D eigenvalue weighted by atomic mass is 10.1. The largest absolute Gasteiger partial charge is 0.418 e. The monoisotopic (exact) mass is 274 g/mol. The lowest BCUT2D eigenvalue weighted by Gasteiger charge is -2.15. The number of alkyl halides is 3. The molecule has 104 valence electrons. The molecule has 0 heterocycles. The van der Waals surface area contributed by atoms with E-state index in [0.717, 1.165) is 12.1 Å². The molecular weight excluding hydrogens is 261 g/mol. The summed E-state index contributed by atoms with van der Waals surface area (Å²) < 4.78 is 38.0. The van der Waals surface area contributed by atoms with Gasteiger partial charge in [0, 0.05) is 0 Å². The maximum atomic E-state index is 12.7. The molecular formula is C12H13F3N2O2. The molecule has 0 saturated carbocycles. The quantitative estimate of drug-likeness (QED) is 0.890. The van der Waals surface area contributed by atoms with Crippen molar-refractivity contribution in [1.29, 1.82) is 0 Å². The van der Waals surface area contributed by atoms with Crippen LogP contribution in [0.1, 0.15) is 19.4 Å². The van der Waals surface area contributed by atoms with Crippen LogP contribution in [0.25, 0.3) is 0 Å². The maximum absolute atomic E-state index is 12.7. The molecule has 4 nitrogen and oxygen atoms in total. The van der Waals surface area contributed by atoms with Crippen LogP contribution in [0, 0.1) is 0 Å². The summed E-state index contributed by atoms with van der Waals surface area (Å²) in [6.45, 7) is 2.71. The highest BCUT2D eigenvalue weighted by Crippen LogP contribution is 2.34. The van der Waals surface area contributed by atoms with E-state index in [4.69, 9.17) is 0 Å². The van der Waals surface area contributed by atoms with Gasteiger partial charge in [0.05, 0.1) is 17.3 Å². The number of anilines is 1.